The molecule has 2 fully saturated rings. The van der Waals surface area contributed by atoms with Crippen LogP contribution in [0.5, 0.6) is 0 Å². The molecule has 2 rings (SSSR count). The van der Waals surface area contributed by atoms with Crippen LogP contribution >= 0.6 is 0 Å². The largest absolute Gasteiger partial charge is 0.353 e. The summed E-state index contributed by atoms with van der Waals surface area (Å²) in [7, 11) is 0. The highest BCUT2D eigenvalue weighted by atomic mass is 16.7. The molecule has 0 saturated carbocycles. The SMILES string of the molecule is CC(=O)ON1C(=O)N2CCCC1C2. The molecule has 2 aliphatic rings. The Morgan fingerprint density at radius 2 is 2.38 bits per heavy atom. The monoisotopic (exact) mass is 184 g/mol. The molecule has 0 spiro atoms. The van der Waals surface area contributed by atoms with Gasteiger partial charge in [-0.15, -0.1) is 5.06 Å². The van der Waals surface area contributed by atoms with Crippen LogP contribution in [0, 0.1) is 0 Å². The van der Waals surface area contributed by atoms with Crippen LogP contribution < -0.4 is 0 Å². The molecule has 0 aromatic heterocycles. The highest BCUT2D eigenvalue weighted by Gasteiger charge is 2.42. The van der Waals surface area contributed by atoms with Crippen LogP contribution in [-0.2, 0) is 9.63 Å². The third kappa shape index (κ3) is 1.34. The molecule has 2 amide bonds. The van der Waals surface area contributed by atoms with E-state index in [0.29, 0.717) is 6.54 Å². The predicted octanol–water partition coefficient (Wildman–Crippen LogP) is 0.365. The zero-order valence-corrected chi connectivity index (χ0v) is 7.52. The van der Waals surface area contributed by atoms with Crippen LogP contribution in [0.1, 0.15) is 19.8 Å². The Kier molecular flexibility index (Phi) is 1.86. The lowest BCUT2D eigenvalue weighted by Crippen LogP contribution is -2.34. The second-order valence-electron chi connectivity index (χ2n) is 3.43. The summed E-state index contributed by atoms with van der Waals surface area (Å²) in [6.07, 6.45) is 1.92. The summed E-state index contributed by atoms with van der Waals surface area (Å²) in [5, 5.41) is 1.22. The lowest BCUT2D eigenvalue weighted by molar-refractivity contribution is -0.177. The fourth-order valence-corrected chi connectivity index (χ4v) is 1.87. The number of nitrogens with zero attached hydrogens (tertiary/aromatic N) is 2. The third-order valence-corrected chi connectivity index (χ3v) is 2.41. The number of carbonyl (C=O) groups excluding carboxylic acids is 2. The summed E-state index contributed by atoms with van der Waals surface area (Å²) in [6, 6.07) is -0.0946. The second-order valence-corrected chi connectivity index (χ2v) is 3.43. The van der Waals surface area contributed by atoms with Crippen molar-refractivity contribution in [2.45, 2.75) is 25.8 Å². The van der Waals surface area contributed by atoms with E-state index in [1.54, 1.807) is 4.90 Å². The molecule has 2 saturated heterocycles. The number of fused-ring (bicyclic) bond motifs is 2. The Morgan fingerprint density at radius 3 is 3.00 bits per heavy atom. The number of hydroxylamine groups is 2. The topological polar surface area (TPSA) is 49.9 Å². The summed E-state index contributed by atoms with van der Waals surface area (Å²) in [6.45, 7) is 2.80. The van der Waals surface area contributed by atoms with Crippen molar-refractivity contribution in [2.75, 3.05) is 13.1 Å². The molecule has 1 unspecified atom stereocenters. The summed E-state index contributed by atoms with van der Waals surface area (Å²) in [5.41, 5.74) is 0. The first-order valence-corrected chi connectivity index (χ1v) is 4.45. The Labute approximate surface area is 76.2 Å². The molecule has 0 N–H and O–H groups in total. The maximum Gasteiger partial charge on any atom is 0.353 e. The number of piperidine rings is 1. The number of hydrogen-bond donors (Lipinski definition) is 0. The van der Waals surface area contributed by atoms with Crippen molar-refractivity contribution in [3.05, 3.63) is 0 Å². The highest BCUT2D eigenvalue weighted by Crippen LogP contribution is 2.25. The Morgan fingerprint density at radius 1 is 1.62 bits per heavy atom. The van der Waals surface area contributed by atoms with Gasteiger partial charge in [-0.3, -0.25) is 4.79 Å². The van der Waals surface area contributed by atoms with E-state index in [2.05, 4.69) is 0 Å². The Balaban J connectivity index is 2.10. The lowest BCUT2D eigenvalue weighted by atomic mass is 10.1. The van der Waals surface area contributed by atoms with Crippen LogP contribution in [0.2, 0.25) is 0 Å². The lowest BCUT2D eigenvalue weighted by Gasteiger charge is -2.20. The van der Waals surface area contributed by atoms with Gasteiger partial charge in [-0.2, -0.15) is 0 Å². The summed E-state index contributed by atoms with van der Waals surface area (Å²) in [5.74, 6) is -0.429. The van der Waals surface area contributed by atoms with E-state index < -0.39 is 5.97 Å². The smallest absolute Gasteiger partial charge is 0.337 e. The molecule has 2 bridgehead atoms. The summed E-state index contributed by atoms with van der Waals surface area (Å²) in [4.78, 5) is 28.8. The van der Waals surface area contributed by atoms with Gasteiger partial charge in [0.05, 0.1) is 6.04 Å². The van der Waals surface area contributed by atoms with Crippen molar-refractivity contribution in [3.8, 4) is 0 Å². The molecular formula is C8H12N2O3. The van der Waals surface area contributed by atoms with E-state index in [0.717, 1.165) is 19.4 Å². The minimum atomic E-state index is -0.429. The van der Waals surface area contributed by atoms with Gasteiger partial charge in [0.25, 0.3) is 0 Å². The molecule has 13 heavy (non-hydrogen) atoms. The number of rotatable bonds is 1. The quantitative estimate of drug-likeness (QED) is 0.591. The molecule has 0 radical (unpaired) electrons. The fraction of sp³-hybridized carbons (Fsp3) is 0.750. The molecule has 0 aromatic rings. The van der Waals surface area contributed by atoms with Gasteiger partial charge in [0.1, 0.15) is 0 Å². The number of hydrogen-bond acceptors (Lipinski definition) is 3. The van der Waals surface area contributed by atoms with Crippen molar-refractivity contribution in [1.29, 1.82) is 0 Å². The Bertz CT molecular complexity index is 254. The zero-order valence-electron chi connectivity index (χ0n) is 7.52. The molecule has 5 nitrogen and oxygen atoms in total. The molecule has 72 valence electrons. The van der Waals surface area contributed by atoms with Crippen LogP contribution in [0.15, 0.2) is 0 Å². The minimum absolute atomic E-state index is 0.0742. The van der Waals surface area contributed by atoms with Gasteiger partial charge in [0.2, 0.25) is 0 Å². The van der Waals surface area contributed by atoms with Crippen molar-refractivity contribution < 1.29 is 14.4 Å². The first-order valence-electron chi connectivity index (χ1n) is 4.45. The van der Waals surface area contributed by atoms with Crippen molar-refractivity contribution in [3.63, 3.8) is 0 Å². The summed E-state index contributed by atoms with van der Waals surface area (Å²) >= 11 is 0. The van der Waals surface area contributed by atoms with Gasteiger partial charge >= 0.3 is 12.0 Å². The molecule has 0 aliphatic carbocycles. The Hall–Kier alpha value is -1.26. The van der Waals surface area contributed by atoms with Crippen molar-refractivity contribution in [1.82, 2.24) is 9.96 Å². The van der Waals surface area contributed by atoms with Crippen LogP contribution in [-0.4, -0.2) is 41.1 Å². The van der Waals surface area contributed by atoms with Crippen molar-refractivity contribution in [2.24, 2.45) is 0 Å². The van der Waals surface area contributed by atoms with Gasteiger partial charge in [0.15, 0.2) is 0 Å². The van der Waals surface area contributed by atoms with E-state index >= 15 is 0 Å². The maximum atomic E-state index is 11.5. The standard InChI is InChI=1S/C8H12N2O3/c1-6(11)13-10-7-3-2-4-9(5-7)8(10)12/h7H,2-5H2,1H3. The number of urea groups is 1. The van der Waals surface area contributed by atoms with E-state index in [1.807, 2.05) is 0 Å². The van der Waals surface area contributed by atoms with Gasteiger partial charge in [-0.05, 0) is 12.8 Å². The average molecular weight is 184 g/mol. The molecule has 1 atom stereocenters. The van der Waals surface area contributed by atoms with Gasteiger partial charge < -0.3 is 9.74 Å². The molecule has 0 aromatic carbocycles. The highest BCUT2D eigenvalue weighted by molar-refractivity contribution is 5.78. The van der Waals surface area contributed by atoms with Crippen LogP contribution in [0.25, 0.3) is 0 Å². The molecule has 5 heteroatoms. The minimum Gasteiger partial charge on any atom is -0.337 e. The van der Waals surface area contributed by atoms with Crippen LogP contribution in [0.3, 0.4) is 0 Å². The van der Waals surface area contributed by atoms with Gasteiger partial charge in [0, 0.05) is 20.0 Å². The van der Waals surface area contributed by atoms with Crippen molar-refractivity contribution >= 4 is 12.0 Å². The second kappa shape index (κ2) is 2.90. The number of carbonyl (C=O) groups is 2. The van der Waals surface area contributed by atoms with Gasteiger partial charge in [-0.1, -0.05) is 0 Å². The first-order chi connectivity index (χ1) is 6.18. The average Bonchev–Trinajstić information content (AvgIpc) is 2.30. The third-order valence-electron chi connectivity index (χ3n) is 2.41. The predicted molar refractivity (Wildman–Crippen MR) is 43.6 cm³/mol. The van der Waals surface area contributed by atoms with Gasteiger partial charge in [-0.25, -0.2) is 4.79 Å². The normalized spacial score (nSPS) is 26.5. The van der Waals surface area contributed by atoms with Crippen LogP contribution in [0.4, 0.5) is 4.79 Å². The molecule has 2 aliphatic heterocycles. The maximum absolute atomic E-state index is 11.5. The molecular weight excluding hydrogens is 172 g/mol. The fourth-order valence-electron chi connectivity index (χ4n) is 1.87. The van der Waals surface area contributed by atoms with E-state index in [9.17, 15) is 9.59 Å². The molecule has 2 heterocycles. The summed E-state index contributed by atoms with van der Waals surface area (Å²) < 4.78 is 0. The first kappa shape index (κ1) is 8.34. The zero-order chi connectivity index (χ0) is 9.42. The number of amides is 2. The van der Waals surface area contributed by atoms with E-state index in [4.69, 9.17) is 4.84 Å². The van der Waals surface area contributed by atoms with E-state index in [-0.39, 0.29) is 12.1 Å². The van der Waals surface area contributed by atoms with E-state index in [1.165, 1.54) is 12.0 Å².